The molecule has 1 aliphatic rings. The van der Waals surface area contributed by atoms with Crippen molar-refractivity contribution in [2.24, 2.45) is 5.92 Å². The molecule has 0 aliphatic carbocycles. The van der Waals surface area contributed by atoms with Gasteiger partial charge in [0.25, 0.3) is 0 Å². The second-order valence-electron chi connectivity index (χ2n) is 8.46. The van der Waals surface area contributed by atoms with E-state index in [0.29, 0.717) is 31.4 Å². The average molecular weight is 496 g/mol. The fourth-order valence-corrected chi connectivity index (χ4v) is 4.68. The molecule has 1 aromatic heterocycles. The number of aromatic nitrogens is 2. The molecule has 184 valence electrons. The van der Waals surface area contributed by atoms with E-state index in [-0.39, 0.29) is 12.5 Å². The van der Waals surface area contributed by atoms with Crippen LogP contribution in [0.4, 0.5) is 4.79 Å². The molecule has 8 nitrogen and oxygen atoms in total. The number of rotatable bonds is 10. The van der Waals surface area contributed by atoms with Gasteiger partial charge in [-0.05, 0) is 60.6 Å². The molecule has 0 unspecified atom stereocenters. The summed E-state index contributed by atoms with van der Waals surface area (Å²) in [5.74, 6) is 1.70. The Balaban J connectivity index is 1.15. The number of carbonyl (C=O) groups excluding carboxylic acids is 1. The van der Waals surface area contributed by atoms with Crippen molar-refractivity contribution >= 4 is 23.8 Å². The maximum atomic E-state index is 12.6. The standard InChI is InChI=1S/C26H29N3O5S/c30-24(31)17-20-3-5-22(6-4-20)33-18-21-9-14-29(15-10-21)26(32)34-23-7-1-19(2-8-23)11-16-35-25-27-12-13-28-25/h1-8,12-13,21H,9-11,14-18H2,(H,27,28)(H,30,31). The third-order valence-electron chi connectivity index (χ3n) is 5.87. The summed E-state index contributed by atoms with van der Waals surface area (Å²) in [5, 5.41) is 9.76. The Morgan fingerprint density at radius 3 is 2.37 bits per heavy atom. The predicted molar refractivity (Wildman–Crippen MR) is 133 cm³/mol. The van der Waals surface area contributed by atoms with Crippen LogP contribution in [0.5, 0.6) is 11.5 Å². The van der Waals surface area contributed by atoms with E-state index in [9.17, 15) is 9.59 Å². The molecular weight excluding hydrogens is 466 g/mol. The molecule has 1 fully saturated rings. The van der Waals surface area contributed by atoms with E-state index in [1.807, 2.05) is 30.5 Å². The first-order valence-corrected chi connectivity index (χ1v) is 12.6. The molecule has 2 N–H and O–H groups in total. The largest absolute Gasteiger partial charge is 0.493 e. The fraction of sp³-hybridized carbons (Fsp3) is 0.346. The molecule has 4 rings (SSSR count). The Kier molecular flexibility index (Phi) is 8.67. The number of ether oxygens (including phenoxy) is 2. The zero-order valence-corrected chi connectivity index (χ0v) is 20.2. The molecule has 1 aliphatic heterocycles. The Bertz CT molecular complexity index is 1080. The lowest BCUT2D eigenvalue weighted by Crippen LogP contribution is -2.41. The van der Waals surface area contributed by atoms with Gasteiger partial charge < -0.3 is 24.5 Å². The first-order valence-electron chi connectivity index (χ1n) is 11.7. The van der Waals surface area contributed by atoms with Gasteiger partial charge in [-0.1, -0.05) is 36.0 Å². The number of aryl methyl sites for hydroxylation is 1. The average Bonchev–Trinajstić information content (AvgIpc) is 3.38. The highest BCUT2D eigenvalue weighted by Crippen LogP contribution is 2.22. The lowest BCUT2D eigenvalue weighted by molar-refractivity contribution is -0.136. The Labute approximate surface area is 208 Å². The van der Waals surface area contributed by atoms with Gasteiger partial charge in [0.1, 0.15) is 11.5 Å². The summed E-state index contributed by atoms with van der Waals surface area (Å²) >= 11 is 1.67. The summed E-state index contributed by atoms with van der Waals surface area (Å²) in [6.07, 6.45) is 5.84. The highest BCUT2D eigenvalue weighted by atomic mass is 32.2. The molecule has 0 atom stereocenters. The van der Waals surface area contributed by atoms with Crippen molar-refractivity contribution in [2.45, 2.75) is 30.8 Å². The van der Waals surface area contributed by atoms with Crippen molar-refractivity contribution in [3.8, 4) is 11.5 Å². The van der Waals surface area contributed by atoms with E-state index in [2.05, 4.69) is 9.97 Å². The lowest BCUT2D eigenvalue weighted by Gasteiger charge is -2.31. The van der Waals surface area contributed by atoms with Crippen LogP contribution in [0.25, 0.3) is 0 Å². The van der Waals surface area contributed by atoms with Gasteiger partial charge in [0.2, 0.25) is 0 Å². The number of thioether (sulfide) groups is 1. The van der Waals surface area contributed by atoms with Gasteiger partial charge in [0.05, 0.1) is 13.0 Å². The predicted octanol–water partition coefficient (Wildman–Crippen LogP) is 4.66. The quantitative estimate of drug-likeness (QED) is 0.394. The smallest absolute Gasteiger partial charge is 0.415 e. The molecule has 2 aromatic carbocycles. The maximum Gasteiger partial charge on any atom is 0.415 e. The molecule has 35 heavy (non-hydrogen) atoms. The number of aliphatic carboxylic acids is 1. The van der Waals surface area contributed by atoms with E-state index in [4.69, 9.17) is 14.6 Å². The molecule has 0 radical (unpaired) electrons. The van der Waals surface area contributed by atoms with Gasteiger partial charge in [0.15, 0.2) is 5.16 Å². The maximum absolute atomic E-state index is 12.6. The first kappa shape index (κ1) is 24.7. The minimum Gasteiger partial charge on any atom is -0.493 e. The number of nitrogens with zero attached hydrogens (tertiary/aromatic N) is 2. The van der Waals surface area contributed by atoms with Gasteiger partial charge >= 0.3 is 12.1 Å². The molecular formula is C26H29N3O5S. The number of hydrogen-bond donors (Lipinski definition) is 2. The number of carbonyl (C=O) groups is 2. The van der Waals surface area contributed by atoms with Gasteiger partial charge in [-0.15, -0.1) is 0 Å². The van der Waals surface area contributed by atoms with Crippen LogP contribution in [0.1, 0.15) is 24.0 Å². The summed E-state index contributed by atoms with van der Waals surface area (Å²) in [6.45, 7) is 1.83. The first-order chi connectivity index (χ1) is 17.0. The van der Waals surface area contributed by atoms with Crippen LogP contribution >= 0.6 is 11.8 Å². The van der Waals surface area contributed by atoms with Crippen molar-refractivity contribution in [1.29, 1.82) is 0 Å². The van der Waals surface area contributed by atoms with E-state index in [0.717, 1.165) is 41.5 Å². The van der Waals surface area contributed by atoms with E-state index in [1.165, 1.54) is 5.56 Å². The van der Waals surface area contributed by atoms with E-state index < -0.39 is 5.97 Å². The summed E-state index contributed by atoms with van der Waals surface area (Å²) < 4.78 is 11.4. The normalized spacial score (nSPS) is 14.0. The monoisotopic (exact) mass is 495 g/mol. The molecule has 0 saturated carbocycles. The molecule has 1 saturated heterocycles. The molecule has 3 aromatic rings. The number of likely N-dealkylation sites (tertiary alicyclic amines) is 1. The van der Waals surface area contributed by atoms with Crippen molar-refractivity contribution < 1.29 is 24.2 Å². The third-order valence-corrected chi connectivity index (χ3v) is 6.77. The van der Waals surface area contributed by atoms with Crippen molar-refractivity contribution in [3.63, 3.8) is 0 Å². The number of piperidine rings is 1. The highest BCUT2D eigenvalue weighted by Gasteiger charge is 2.24. The fourth-order valence-electron chi connectivity index (χ4n) is 3.86. The molecule has 1 amide bonds. The molecule has 2 heterocycles. The minimum absolute atomic E-state index is 0.00461. The minimum atomic E-state index is -0.850. The summed E-state index contributed by atoms with van der Waals surface area (Å²) in [7, 11) is 0. The number of benzene rings is 2. The third kappa shape index (κ3) is 7.78. The second kappa shape index (κ2) is 12.3. The SMILES string of the molecule is O=C(O)Cc1ccc(OCC2CCN(C(=O)Oc3ccc(CCSc4ncc[nH]4)cc3)CC2)cc1. The number of imidazole rings is 1. The number of aromatic amines is 1. The second-order valence-corrected chi connectivity index (χ2v) is 9.54. The van der Waals surface area contributed by atoms with Crippen LogP contribution in [0.15, 0.2) is 66.1 Å². The summed E-state index contributed by atoms with van der Waals surface area (Å²) in [6, 6.07) is 14.8. The van der Waals surface area contributed by atoms with Crippen molar-refractivity contribution in [3.05, 3.63) is 72.1 Å². The summed E-state index contributed by atoms with van der Waals surface area (Å²) in [5.41, 5.74) is 1.93. The van der Waals surface area contributed by atoms with Crippen molar-refractivity contribution in [1.82, 2.24) is 14.9 Å². The van der Waals surface area contributed by atoms with Crippen LogP contribution < -0.4 is 9.47 Å². The number of nitrogens with one attached hydrogen (secondary N) is 1. The van der Waals surface area contributed by atoms with Gasteiger partial charge in [-0.25, -0.2) is 9.78 Å². The molecule has 0 spiro atoms. The van der Waals surface area contributed by atoms with Gasteiger partial charge in [-0.2, -0.15) is 0 Å². The zero-order valence-electron chi connectivity index (χ0n) is 19.4. The summed E-state index contributed by atoms with van der Waals surface area (Å²) in [4.78, 5) is 32.4. The molecule has 9 heteroatoms. The highest BCUT2D eigenvalue weighted by molar-refractivity contribution is 7.99. The van der Waals surface area contributed by atoms with Crippen LogP contribution in [-0.2, 0) is 17.6 Å². The Morgan fingerprint density at radius 1 is 1.03 bits per heavy atom. The van der Waals surface area contributed by atoms with Crippen LogP contribution in [0.2, 0.25) is 0 Å². The van der Waals surface area contributed by atoms with E-state index in [1.54, 1.807) is 47.1 Å². The topological polar surface area (TPSA) is 105 Å². The van der Waals surface area contributed by atoms with Gasteiger partial charge in [0, 0.05) is 31.2 Å². The van der Waals surface area contributed by atoms with Crippen LogP contribution in [0, 0.1) is 5.92 Å². The number of hydrogen-bond acceptors (Lipinski definition) is 6. The lowest BCUT2D eigenvalue weighted by atomic mass is 9.98. The number of carboxylic acids is 1. The zero-order chi connectivity index (χ0) is 24.5. The Hall–Kier alpha value is -3.46. The van der Waals surface area contributed by atoms with Crippen LogP contribution in [0.3, 0.4) is 0 Å². The number of H-pyrrole nitrogens is 1. The van der Waals surface area contributed by atoms with Crippen molar-refractivity contribution in [2.75, 3.05) is 25.4 Å². The van der Waals surface area contributed by atoms with E-state index >= 15 is 0 Å². The molecule has 0 bridgehead atoms. The van der Waals surface area contributed by atoms with Gasteiger partial charge in [-0.3, -0.25) is 4.79 Å². The number of carboxylic acid groups (broad SMARTS) is 1. The Morgan fingerprint density at radius 2 is 1.71 bits per heavy atom. The number of amides is 1. The van der Waals surface area contributed by atoms with Crippen LogP contribution in [-0.4, -0.2) is 57.5 Å².